The zero-order valence-corrected chi connectivity index (χ0v) is 20.4. The van der Waals surface area contributed by atoms with E-state index in [4.69, 9.17) is 27.4 Å². The minimum atomic E-state index is -0.102. The number of rotatable bonds is 5. The largest absolute Gasteiger partial charge is 0.353 e. The molecular weight excluding hydrogens is 458 g/mol. The van der Waals surface area contributed by atoms with Crippen LogP contribution in [0, 0.1) is 6.92 Å². The van der Waals surface area contributed by atoms with Crippen LogP contribution in [-0.2, 0) is 0 Å². The Labute approximate surface area is 202 Å². The lowest BCUT2D eigenvalue weighted by atomic mass is 9.98. The Morgan fingerprint density at radius 3 is 2.85 bits per heavy atom. The number of likely N-dealkylation sites (tertiary alicyclic amines) is 1. The summed E-state index contributed by atoms with van der Waals surface area (Å²) in [6.07, 6.45) is 6.83. The average molecular weight is 486 g/mol. The number of aromatic nitrogens is 3. The van der Waals surface area contributed by atoms with Crippen molar-refractivity contribution in [2.75, 3.05) is 35.5 Å². The number of halogens is 1. The van der Waals surface area contributed by atoms with Crippen molar-refractivity contribution in [3.05, 3.63) is 52.3 Å². The molecule has 3 aromatic rings. The van der Waals surface area contributed by atoms with E-state index in [-0.39, 0.29) is 18.0 Å². The number of aryl methyl sites for hydroxylation is 1. The van der Waals surface area contributed by atoms with E-state index in [1.54, 1.807) is 12.1 Å². The third-order valence-corrected chi connectivity index (χ3v) is 7.02. The van der Waals surface area contributed by atoms with Gasteiger partial charge in [-0.15, -0.1) is 0 Å². The fraction of sp³-hybridized carbons (Fsp3) is 0.435. The molecule has 1 amide bonds. The monoisotopic (exact) mass is 485 g/mol. The number of nitrogens with one attached hydrogen (secondary N) is 1. The van der Waals surface area contributed by atoms with E-state index in [9.17, 15) is 4.79 Å². The molecule has 10 heteroatoms. The highest BCUT2D eigenvalue weighted by molar-refractivity contribution is 7.99. The van der Waals surface area contributed by atoms with Crippen molar-refractivity contribution in [3.8, 4) is 0 Å². The van der Waals surface area contributed by atoms with Crippen LogP contribution < -0.4 is 15.4 Å². The third-order valence-electron chi connectivity index (χ3n) is 6.36. The van der Waals surface area contributed by atoms with Crippen LogP contribution in [0.25, 0.3) is 5.65 Å². The smallest absolute Gasteiger partial charge is 0.256 e. The molecule has 4 heterocycles. The highest BCUT2D eigenvalue weighted by Crippen LogP contribution is 2.34. The van der Waals surface area contributed by atoms with Crippen LogP contribution in [-0.4, -0.2) is 57.3 Å². The number of nitrogens with two attached hydrogens (primary N) is 1. The molecule has 33 heavy (non-hydrogen) atoms. The molecule has 1 aromatic carbocycles. The number of carbonyl (C=O) groups excluding carboxylic acids is 1. The van der Waals surface area contributed by atoms with Gasteiger partial charge in [-0.3, -0.25) is 4.79 Å². The second-order valence-corrected chi connectivity index (χ2v) is 9.84. The Morgan fingerprint density at radius 2 is 2.09 bits per heavy atom. The summed E-state index contributed by atoms with van der Waals surface area (Å²) in [5.74, 6) is 0.925. The van der Waals surface area contributed by atoms with Gasteiger partial charge in [0.2, 0.25) is 0 Å². The first-order valence-corrected chi connectivity index (χ1v) is 12.8. The van der Waals surface area contributed by atoms with Gasteiger partial charge in [0.15, 0.2) is 5.65 Å². The molecule has 0 aliphatic carbocycles. The maximum Gasteiger partial charge on any atom is 0.256 e. The molecule has 1 atom stereocenters. The molecule has 5 rings (SSSR count). The van der Waals surface area contributed by atoms with Gasteiger partial charge in [0.05, 0.1) is 23.0 Å². The molecule has 2 aliphatic heterocycles. The minimum absolute atomic E-state index is 0.0322. The Balaban J connectivity index is 1.48. The maximum atomic E-state index is 13.7. The summed E-state index contributed by atoms with van der Waals surface area (Å²) in [6.45, 7) is 4.37. The standard InChI is InChI=1S/C23H28ClN7OS/c1-14-11-31-21(26-22(14)29-12-16(25)13-29)10-19(27-31)20-5-3-4-8-30(20)23(32)17-9-15(24)6-7-18(17)28-33-2/h6-7,9-11,16,20,28H,3-5,8,12-13,25H2,1-2H3. The Bertz CT molecular complexity index is 1190. The molecule has 1 unspecified atom stereocenters. The number of anilines is 2. The van der Waals surface area contributed by atoms with Crippen molar-refractivity contribution in [2.45, 2.75) is 38.3 Å². The summed E-state index contributed by atoms with van der Waals surface area (Å²) < 4.78 is 5.03. The highest BCUT2D eigenvalue weighted by Gasteiger charge is 2.32. The molecule has 0 bridgehead atoms. The molecule has 3 N–H and O–H groups in total. The van der Waals surface area contributed by atoms with Gasteiger partial charge in [-0.25, -0.2) is 9.50 Å². The van der Waals surface area contributed by atoms with E-state index >= 15 is 0 Å². The van der Waals surface area contributed by atoms with Crippen LogP contribution in [0.15, 0.2) is 30.5 Å². The van der Waals surface area contributed by atoms with Crippen molar-refractivity contribution < 1.29 is 4.79 Å². The fourth-order valence-corrected chi connectivity index (χ4v) is 5.29. The van der Waals surface area contributed by atoms with E-state index in [0.717, 1.165) is 60.8 Å². The molecule has 8 nitrogen and oxygen atoms in total. The normalized spacial score (nSPS) is 19.1. The molecule has 0 radical (unpaired) electrons. The molecule has 2 aromatic heterocycles. The minimum Gasteiger partial charge on any atom is -0.353 e. The van der Waals surface area contributed by atoms with Crippen LogP contribution in [0.3, 0.4) is 0 Å². The Morgan fingerprint density at radius 1 is 1.27 bits per heavy atom. The van der Waals surface area contributed by atoms with Gasteiger partial charge in [0.25, 0.3) is 5.91 Å². The van der Waals surface area contributed by atoms with Crippen LogP contribution in [0.2, 0.25) is 5.02 Å². The molecule has 0 saturated carbocycles. The summed E-state index contributed by atoms with van der Waals surface area (Å²) in [5.41, 5.74) is 10.0. The van der Waals surface area contributed by atoms with Crippen LogP contribution in [0.4, 0.5) is 11.5 Å². The van der Waals surface area contributed by atoms with Crippen molar-refractivity contribution >= 4 is 46.6 Å². The molecular formula is C23H28ClN7OS. The molecule has 0 spiro atoms. The predicted molar refractivity (Wildman–Crippen MR) is 134 cm³/mol. The summed E-state index contributed by atoms with van der Waals surface area (Å²) in [7, 11) is 0. The van der Waals surface area contributed by atoms with Crippen molar-refractivity contribution in [2.24, 2.45) is 5.73 Å². The van der Waals surface area contributed by atoms with E-state index in [1.807, 2.05) is 40.9 Å². The molecule has 2 fully saturated rings. The van der Waals surface area contributed by atoms with E-state index in [2.05, 4.69) is 9.62 Å². The Kier molecular flexibility index (Phi) is 6.11. The number of benzene rings is 1. The van der Waals surface area contributed by atoms with Gasteiger partial charge in [-0.05, 0) is 44.4 Å². The van der Waals surface area contributed by atoms with Crippen LogP contribution in [0.1, 0.15) is 46.9 Å². The maximum absolute atomic E-state index is 13.7. The summed E-state index contributed by atoms with van der Waals surface area (Å²) in [4.78, 5) is 22.7. The zero-order valence-electron chi connectivity index (χ0n) is 18.8. The molecule has 2 saturated heterocycles. The number of hydrogen-bond acceptors (Lipinski definition) is 7. The number of amides is 1. The zero-order chi connectivity index (χ0) is 23.1. The predicted octanol–water partition coefficient (Wildman–Crippen LogP) is 3.90. The van der Waals surface area contributed by atoms with Gasteiger partial charge in [-0.1, -0.05) is 23.5 Å². The summed E-state index contributed by atoms with van der Waals surface area (Å²) in [6, 6.07) is 7.51. The average Bonchev–Trinajstić information content (AvgIpc) is 3.20. The number of fused-ring (bicyclic) bond motifs is 1. The van der Waals surface area contributed by atoms with Gasteiger partial charge < -0.3 is 20.3 Å². The van der Waals surface area contributed by atoms with Crippen molar-refractivity contribution in [1.29, 1.82) is 0 Å². The second-order valence-electron chi connectivity index (χ2n) is 8.79. The highest BCUT2D eigenvalue weighted by atomic mass is 35.5. The van der Waals surface area contributed by atoms with Gasteiger partial charge in [-0.2, -0.15) is 5.10 Å². The van der Waals surface area contributed by atoms with Gasteiger partial charge in [0.1, 0.15) is 5.82 Å². The van der Waals surface area contributed by atoms with Crippen LogP contribution >= 0.6 is 23.5 Å². The van der Waals surface area contributed by atoms with E-state index < -0.39 is 0 Å². The third kappa shape index (κ3) is 4.25. The van der Waals surface area contributed by atoms with Crippen molar-refractivity contribution in [1.82, 2.24) is 19.5 Å². The number of nitrogens with zero attached hydrogens (tertiary/aromatic N) is 5. The molecule has 174 valence electrons. The van der Waals surface area contributed by atoms with Gasteiger partial charge in [0, 0.05) is 54.8 Å². The summed E-state index contributed by atoms with van der Waals surface area (Å²) >= 11 is 7.70. The SMILES string of the molecule is CSNc1ccc(Cl)cc1C(=O)N1CCCCC1c1cc2nc(N3CC(N)C3)c(C)cn2n1. The van der Waals surface area contributed by atoms with E-state index in [0.29, 0.717) is 17.1 Å². The number of carbonyl (C=O) groups is 1. The topological polar surface area (TPSA) is 91.8 Å². The lowest BCUT2D eigenvalue weighted by Gasteiger charge is -2.38. The molecule has 2 aliphatic rings. The lowest BCUT2D eigenvalue weighted by molar-refractivity contribution is 0.0607. The number of piperidine rings is 1. The fourth-order valence-electron chi connectivity index (χ4n) is 4.72. The first kappa shape index (κ1) is 22.3. The second kappa shape index (κ2) is 9.04. The lowest BCUT2D eigenvalue weighted by Crippen LogP contribution is -2.56. The number of hydrogen-bond donors (Lipinski definition) is 2. The van der Waals surface area contributed by atoms with Crippen molar-refractivity contribution in [3.63, 3.8) is 0 Å². The van der Waals surface area contributed by atoms with E-state index in [1.165, 1.54) is 11.9 Å². The Hall–Kier alpha value is -2.49. The van der Waals surface area contributed by atoms with Crippen LogP contribution in [0.5, 0.6) is 0 Å². The first-order chi connectivity index (χ1) is 15.9. The summed E-state index contributed by atoms with van der Waals surface area (Å²) in [5, 5.41) is 5.38. The first-order valence-electron chi connectivity index (χ1n) is 11.2. The van der Waals surface area contributed by atoms with Gasteiger partial charge >= 0.3 is 0 Å². The quantitative estimate of drug-likeness (QED) is 0.529.